The number of carboxylic acids is 1. The van der Waals surface area contributed by atoms with Crippen LogP contribution in [0.25, 0.3) is 0 Å². The number of nitro groups is 1. The van der Waals surface area contributed by atoms with Gasteiger partial charge in [-0.3, -0.25) is 14.9 Å². The van der Waals surface area contributed by atoms with Crippen LogP contribution in [0.3, 0.4) is 0 Å². The van der Waals surface area contributed by atoms with Crippen molar-refractivity contribution >= 4 is 11.7 Å². The van der Waals surface area contributed by atoms with Crippen molar-refractivity contribution < 1.29 is 19.6 Å². The topological polar surface area (TPSA) is 89.7 Å². The van der Waals surface area contributed by atoms with Crippen molar-refractivity contribution in [2.24, 2.45) is 0 Å². The highest BCUT2D eigenvalue weighted by Gasteiger charge is 2.23. The Hall–Kier alpha value is -2.89. The molecule has 0 heterocycles. The zero-order valence-electron chi connectivity index (χ0n) is 13.6. The Morgan fingerprint density at radius 1 is 1.21 bits per heavy atom. The van der Waals surface area contributed by atoms with Crippen LogP contribution in [-0.2, 0) is 17.6 Å². The maximum Gasteiger partial charge on any atom is 0.311 e. The zero-order valence-corrected chi connectivity index (χ0v) is 13.6. The molecule has 24 heavy (non-hydrogen) atoms. The Balaban J connectivity index is 2.32. The summed E-state index contributed by atoms with van der Waals surface area (Å²) in [6.07, 6.45) is 1.05. The Morgan fingerprint density at radius 2 is 1.83 bits per heavy atom. The maximum absolute atomic E-state index is 11.6. The minimum absolute atomic E-state index is 0.155. The van der Waals surface area contributed by atoms with Crippen molar-refractivity contribution in [3.8, 4) is 5.75 Å². The molecule has 1 unspecified atom stereocenters. The SMILES string of the molecule is CCc1ccc(C(Cc2ccc(OC)c([N+](=O)[O-])c2)C(=O)O)cc1. The molecular weight excluding hydrogens is 310 g/mol. The van der Waals surface area contributed by atoms with E-state index >= 15 is 0 Å². The van der Waals surface area contributed by atoms with Crippen LogP contribution in [0, 0.1) is 10.1 Å². The summed E-state index contributed by atoms with van der Waals surface area (Å²) in [5.41, 5.74) is 2.22. The molecule has 0 bridgehead atoms. The molecule has 6 nitrogen and oxygen atoms in total. The molecule has 0 radical (unpaired) electrons. The average molecular weight is 329 g/mol. The predicted octanol–water partition coefficient (Wildman–Crippen LogP) is 3.58. The second kappa shape index (κ2) is 7.59. The number of aliphatic carboxylic acids is 1. The number of rotatable bonds is 7. The first kappa shape index (κ1) is 17.5. The third kappa shape index (κ3) is 3.90. The van der Waals surface area contributed by atoms with Crippen LogP contribution in [0.2, 0.25) is 0 Å². The van der Waals surface area contributed by atoms with E-state index in [-0.39, 0.29) is 17.9 Å². The molecule has 0 saturated heterocycles. The van der Waals surface area contributed by atoms with Crippen molar-refractivity contribution in [2.45, 2.75) is 25.7 Å². The number of carboxylic acid groups (broad SMARTS) is 1. The molecule has 126 valence electrons. The molecule has 0 spiro atoms. The van der Waals surface area contributed by atoms with Crippen molar-refractivity contribution in [2.75, 3.05) is 7.11 Å². The van der Waals surface area contributed by atoms with Gasteiger partial charge in [-0.2, -0.15) is 0 Å². The fourth-order valence-electron chi connectivity index (χ4n) is 2.57. The molecule has 0 fully saturated rings. The number of hydrogen-bond donors (Lipinski definition) is 1. The second-order valence-electron chi connectivity index (χ2n) is 5.45. The van der Waals surface area contributed by atoms with Crippen LogP contribution in [0.5, 0.6) is 5.75 Å². The maximum atomic E-state index is 11.6. The van der Waals surface area contributed by atoms with E-state index in [4.69, 9.17) is 4.74 Å². The van der Waals surface area contributed by atoms with Gasteiger partial charge >= 0.3 is 11.7 Å². The van der Waals surface area contributed by atoms with Crippen LogP contribution in [-0.4, -0.2) is 23.1 Å². The number of methoxy groups -OCH3 is 1. The lowest BCUT2D eigenvalue weighted by atomic mass is 9.91. The smallest absolute Gasteiger partial charge is 0.311 e. The summed E-state index contributed by atoms with van der Waals surface area (Å²) in [7, 11) is 1.36. The summed E-state index contributed by atoms with van der Waals surface area (Å²) in [6, 6.07) is 11.9. The lowest BCUT2D eigenvalue weighted by molar-refractivity contribution is -0.385. The van der Waals surface area contributed by atoms with Crippen LogP contribution < -0.4 is 4.74 Å². The summed E-state index contributed by atoms with van der Waals surface area (Å²) in [6.45, 7) is 2.03. The summed E-state index contributed by atoms with van der Waals surface area (Å²) in [4.78, 5) is 22.2. The number of nitro benzene ring substituents is 1. The van der Waals surface area contributed by atoms with Gasteiger partial charge in [0.25, 0.3) is 0 Å². The van der Waals surface area contributed by atoms with Gasteiger partial charge < -0.3 is 9.84 Å². The van der Waals surface area contributed by atoms with E-state index in [0.29, 0.717) is 11.1 Å². The Kier molecular flexibility index (Phi) is 5.52. The Morgan fingerprint density at radius 3 is 2.33 bits per heavy atom. The second-order valence-corrected chi connectivity index (χ2v) is 5.45. The highest BCUT2D eigenvalue weighted by molar-refractivity contribution is 5.76. The summed E-state index contributed by atoms with van der Waals surface area (Å²) in [5.74, 6) is -1.57. The normalized spacial score (nSPS) is 11.8. The minimum atomic E-state index is -0.960. The number of ether oxygens (including phenoxy) is 1. The van der Waals surface area contributed by atoms with Gasteiger partial charge in [-0.15, -0.1) is 0 Å². The summed E-state index contributed by atoms with van der Waals surface area (Å²) >= 11 is 0. The van der Waals surface area contributed by atoms with Crippen LogP contribution >= 0.6 is 0 Å². The van der Waals surface area contributed by atoms with Gasteiger partial charge in [0, 0.05) is 6.07 Å². The summed E-state index contributed by atoms with van der Waals surface area (Å²) in [5, 5.41) is 20.6. The molecule has 6 heteroatoms. The Bertz CT molecular complexity index is 740. The van der Waals surface area contributed by atoms with Gasteiger partial charge in [0.05, 0.1) is 18.0 Å². The molecule has 1 atom stereocenters. The standard InChI is InChI=1S/C18H19NO5/c1-3-12-4-7-14(8-5-12)15(18(20)21)10-13-6-9-17(24-2)16(11-13)19(22)23/h4-9,11,15H,3,10H2,1-2H3,(H,20,21). The molecule has 0 aliphatic carbocycles. The van der Waals surface area contributed by atoms with E-state index in [1.807, 2.05) is 19.1 Å². The average Bonchev–Trinajstić information content (AvgIpc) is 2.59. The molecule has 2 aromatic rings. The van der Waals surface area contributed by atoms with E-state index in [2.05, 4.69) is 0 Å². The highest BCUT2D eigenvalue weighted by Crippen LogP contribution is 2.30. The number of aryl methyl sites for hydroxylation is 1. The van der Waals surface area contributed by atoms with Crippen LogP contribution in [0.15, 0.2) is 42.5 Å². The van der Waals surface area contributed by atoms with Crippen LogP contribution in [0.4, 0.5) is 5.69 Å². The molecule has 1 N–H and O–H groups in total. The van der Waals surface area contributed by atoms with Crippen molar-refractivity contribution in [1.82, 2.24) is 0 Å². The van der Waals surface area contributed by atoms with Gasteiger partial charge in [0.15, 0.2) is 5.75 Å². The largest absolute Gasteiger partial charge is 0.490 e. The third-order valence-corrected chi connectivity index (χ3v) is 3.97. The third-order valence-electron chi connectivity index (χ3n) is 3.97. The lowest BCUT2D eigenvalue weighted by Crippen LogP contribution is -2.14. The number of carbonyl (C=O) groups is 1. The molecule has 2 rings (SSSR count). The minimum Gasteiger partial charge on any atom is -0.490 e. The molecule has 0 saturated carbocycles. The number of hydrogen-bond acceptors (Lipinski definition) is 4. The molecule has 0 amide bonds. The van der Waals surface area contributed by atoms with Crippen LogP contribution in [0.1, 0.15) is 29.5 Å². The molecule has 0 aliphatic rings. The van der Waals surface area contributed by atoms with Gasteiger partial charge in [-0.25, -0.2) is 0 Å². The van der Waals surface area contributed by atoms with E-state index in [1.165, 1.54) is 19.2 Å². The van der Waals surface area contributed by atoms with Crippen molar-refractivity contribution in [3.63, 3.8) is 0 Å². The number of nitrogens with zero attached hydrogens (tertiary/aromatic N) is 1. The first-order valence-electron chi connectivity index (χ1n) is 7.59. The van der Waals surface area contributed by atoms with E-state index in [0.717, 1.165) is 12.0 Å². The van der Waals surface area contributed by atoms with E-state index in [1.54, 1.807) is 18.2 Å². The van der Waals surface area contributed by atoms with Gasteiger partial charge in [-0.05, 0) is 35.6 Å². The lowest BCUT2D eigenvalue weighted by Gasteiger charge is -2.14. The monoisotopic (exact) mass is 329 g/mol. The van der Waals surface area contributed by atoms with E-state index < -0.39 is 16.8 Å². The quantitative estimate of drug-likeness (QED) is 0.619. The molecular formula is C18H19NO5. The van der Waals surface area contributed by atoms with Crippen molar-refractivity contribution in [1.29, 1.82) is 0 Å². The van der Waals surface area contributed by atoms with Gasteiger partial charge in [0.2, 0.25) is 0 Å². The fraction of sp³-hybridized carbons (Fsp3) is 0.278. The highest BCUT2D eigenvalue weighted by atomic mass is 16.6. The van der Waals surface area contributed by atoms with E-state index in [9.17, 15) is 20.0 Å². The van der Waals surface area contributed by atoms with Gasteiger partial charge in [0.1, 0.15) is 0 Å². The fourth-order valence-corrected chi connectivity index (χ4v) is 2.57. The van der Waals surface area contributed by atoms with Crippen molar-refractivity contribution in [3.05, 3.63) is 69.3 Å². The summed E-state index contributed by atoms with van der Waals surface area (Å²) < 4.78 is 4.97. The Labute approximate surface area is 139 Å². The molecule has 0 aromatic heterocycles. The molecule has 0 aliphatic heterocycles. The molecule has 2 aromatic carbocycles. The zero-order chi connectivity index (χ0) is 17.7. The first-order chi connectivity index (χ1) is 11.5. The predicted molar refractivity (Wildman–Crippen MR) is 89.5 cm³/mol. The van der Waals surface area contributed by atoms with Gasteiger partial charge in [-0.1, -0.05) is 37.3 Å². The number of benzene rings is 2. The first-order valence-corrected chi connectivity index (χ1v) is 7.59.